The average molecular weight is 281 g/mol. The third kappa shape index (κ3) is 2.78. The smallest absolute Gasteiger partial charge is 0.178 e. The van der Waals surface area contributed by atoms with Crippen LogP contribution >= 0.6 is 15.9 Å². The van der Waals surface area contributed by atoms with Crippen molar-refractivity contribution in [2.45, 2.75) is 11.3 Å². The Morgan fingerprint density at radius 3 is 2.57 bits per heavy atom. The fraction of sp³-hybridized carbons (Fsp3) is 0.333. The minimum atomic E-state index is -3.46. The van der Waals surface area contributed by atoms with E-state index in [1.807, 2.05) is 0 Å². The zero-order chi connectivity index (χ0) is 10.8. The highest BCUT2D eigenvalue weighted by Crippen LogP contribution is 2.16. The van der Waals surface area contributed by atoms with Crippen molar-refractivity contribution >= 4 is 25.8 Å². The third-order valence-electron chi connectivity index (χ3n) is 1.78. The van der Waals surface area contributed by atoms with Crippen molar-refractivity contribution in [2.24, 2.45) is 0 Å². The first-order chi connectivity index (χ1) is 6.45. The van der Waals surface area contributed by atoms with Crippen molar-refractivity contribution in [2.75, 3.05) is 11.6 Å². The molecule has 78 valence electrons. The van der Waals surface area contributed by atoms with Gasteiger partial charge in [0.2, 0.25) is 0 Å². The van der Waals surface area contributed by atoms with E-state index in [0.29, 0.717) is 6.42 Å². The Morgan fingerprint density at radius 1 is 1.43 bits per heavy atom. The summed E-state index contributed by atoms with van der Waals surface area (Å²) in [4.78, 5) is -0.226. The second-order valence-electron chi connectivity index (χ2n) is 2.98. The van der Waals surface area contributed by atoms with E-state index in [2.05, 4.69) is 15.9 Å². The standard InChI is InChI=1S/C9H10BrFO2S/c1-14(12,13)9-6-7(4-5-10)2-3-8(9)11/h2-3,6H,4-5H2,1H3. The molecule has 0 heterocycles. The molecule has 0 aromatic heterocycles. The van der Waals surface area contributed by atoms with Crippen LogP contribution in [0.4, 0.5) is 4.39 Å². The molecule has 2 nitrogen and oxygen atoms in total. The number of benzene rings is 1. The number of hydrogen-bond donors (Lipinski definition) is 0. The lowest BCUT2D eigenvalue weighted by Crippen LogP contribution is -2.02. The molecule has 0 fully saturated rings. The van der Waals surface area contributed by atoms with E-state index in [1.165, 1.54) is 12.1 Å². The summed E-state index contributed by atoms with van der Waals surface area (Å²) in [5.74, 6) is -0.689. The number of aryl methyl sites for hydroxylation is 1. The van der Waals surface area contributed by atoms with Crippen LogP contribution in [0.5, 0.6) is 0 Å². The normalized spacial score (nSPS) is 11.6. The minimum absolute atomic E-state index is 0.226. The summed E-state index contributed by atoms with van der Waals surface area (Å²) in [6.07, 6.45) is 1.69. The Bertz CT molecular complexity index is 428. The van der Waals surface area contributed by atoms with Crippen LogP contribution in [0.15, 0.2) is 23.1 Å². The lowest BCUT2D eigenvalue weighted by atomic mass is 10.2. The molecule has 1 rings (SSSR count). The van der Waals surface area contributed by atoms with E-state index >= 15 is 0 Å². The SMILES string of the molecule is CS(=O)(=O)c1cc(CCBr)ccc1F. The van der Waals surface area contributed by atoms with Crippen LogP contribution in [0, 0.1) is 5.82 Å². The lowest BCUT2D eigenvalue weighted by Gasteiger charge is -2.03. The molecular weight excluding hydrogens is 271 g/mol. The van der Waals surface area contributed by atoms with Crippen molar-refractivity contribution < 1.29 is 12.8 Å². The van der Waals surface area contributed by atoms with Gasteiger partial charge in [-0.2, -0.15) is 0 Å². The first kappa shape index (κ1) is 11.7. The van der Waals surface area contributed by atoms with E-state index < -0.39 is 15.7 Å². The number of sulfone groups is 1. The van der Waals surface area contributed by atoms with Crippen LogP contribution in [0.1, 0.15) is 5.56 Å². The maximum atomic E-state index is 13.1. The average Bonchev–Trinajstić information content (AvgIpc) is 2.07. The molecular formula is C9H10BrFO2S. The van der Waals surface area contributed by atoms with Gasteiger partial charge in [0.05, 0.1) is 0 Å². The van der Waals surface area contributed by atoms with Gasteiger partial charge in [0.15, 0.2) is 9.84 Å². The molecule has 0 saturated heterocycles. The predicted molar refractivity (Wildman–Crippen MR) is 57.0 cm³/mol. The van der Waals surface area contributed by atoms with Gasteiger partial charge in [0, 0.05) is 11.6 Å². The molecule has 0 aliphatic carbocycles. The summed E-state index contributed by atoms with van der Waals surface area (Å²) in [5.41, 5.74) is 0.809. The van der Waals surface area contributed by atoms with Gasteiger partial charge in [0.1, 0.15) is 10.7 Å². The molecule has 5 heteroatoms. The summed E-state index contributed by atoms with van der Waals surface area (Å²) < 4.78 is 35.4. The molecule has 0 unspecified atom stereocenters. The van der Waals surface area contributed by atoms with E-state index in [0.717, 1.165) is 17.1 Å². The van der Waals surface area contributed by atoms with Crippen molar-refractivity contribution in [3.05, 3.63) is 29.6 Å². The summed E-state index contributed by atoms with van der Waals surface area (Å²) in [5, 5.41) is 0.724. The van der Waals surface area contributed by atoms with Crippen LogP contribution in [0.3, 0.4) is 0 Å². The maximum Gasteiger partial charge on any atom is 0.178 e. The summed E-state index contributed by atoms with van der Waals surface area (Å²) >= 11 is 3.24. The van der Waals surface area contributed by atoms with Gasteiger partial charge in [-0.1, -0.05) is 22.0 Å². The first-order valence-electron chi connectivity index (χ1n) is 3.99. The zero-order valence-electron chi connectivity index (χ0n) is 7.63. The summed E-state index contributed by atoms with van der Waals surface area (Å²) in [7, 11) is -3.46. The second-order valence-corrected chi connectivity index (χ2v) is 5.75. The van der Waals surface area contributed by atoms with E-state index in [9.17, 15) is 12.8 Å². The van der Waals surface area contributed by atoms with E-state index in [4.69, 9.17) is 0 Å². The molecule has 0 radical (unpaired) electrons. The second kappa shape index (κ2) is 4.40. The van der Waals surface area contributed by atoms with Gasteiger partial charge in [0.25, 0.3) is 0 Å². The fourth-order valence-corrected chi connectivity index (χ4v) is 2.34. The van der Waals surface area contributed by atoms with Crippen LogP contribution in [0.2, 0.25) is 0 Å². The molecule has 14 heavy (non-hydrogen) atoms. The molecule has 0 aliphatic rings. The third-order valence-corrected chi connectivity index (χ3v) is 3.29. The lowest BCUT2D eigenvalue weighted by molar-refractivity contribution is 0.570. The fourth-order valence-electron chi connectivity index (χ4n) is 1.10. The Balaban J connectivity index is 3.22. The highest BCUT2D eigenvalue weighted by atomic mass is 79.9. The molecule has 1 aromatic carbocycles. The van der Waals surface area contributed by atoms with Gasteiger partial charge in [-0.3, -0.25) is 0 Å². The molecule has 0 amide bonds. The van der Waals surface area contributed by atoms with Crippen LogP contribution in [-0.2, 0) is 16.3 Å². The van der Waals surface area contributed by atoms with Crippen molar-refractivity contribution in [1.29, 1.82) is 0 Å². The predicted octanol–water partition coefficient (Wildman–Crippen LogP) is 2.17. The highest BCUT2D eigenvalue weighted by Gasteiger charge is 2.13. The number of halogens is 2. The van der Waals surface area contributed by atoms with Gasteiger partial charge in [-0.05, 0) is 24.1 Å². The van der Waals surface area contributed by atoms with Gasteiger partial charge < -0.3 is 0 Å². The molecule has 0 bridgehead atoms. The summed E-state index contributed by atoms with van der Waals surface area (Å²) in [6.45, 7) is 0. The van der Waals surface area contributed by atoms with E-state index in [1.54, 1.807) is 6.07 Å². The molecule has 0 saturated carbocycles. The largest absolute Gasteiger partial charge is 0.224 e. The Morgan fingerprint density at radius 2 is 2.07 bits per heavy atom. The first-order valence-corrected chi connectivity index (χ1v) is 7.01. The van der Waals surface area contributed by atoms with E-state index in [-0.39, 0.29) is 4.90 Å². The van der Waals surface area contributed by atoms with Gasteiger partial charge in [-0.15, -0.1) is 0 Å². The van der Waals surface area contributed by atoms with Crippen molar-refractivity contribution in [3.63, 3.8) is 0 Å². The number of hydrogen-bond acceptors (Lipinski definition) is 2. The maximum absolute atomic E-state index is 13.1. The quantitative estimate of drug-likeness (QED) is 0.796. The van der Waals surface area contributed by atoms with Gasteiger partial charge >= 0.3 is 0 Å². The Hall–Kier alpha value is -0.420. The number of rotatable bonds is 3. The monoisotopic (exact) mass is 280 g/mol. The Labute approximate surface area is 91.2 Å². The van der Waals surface area contributed by atoms with Gasteiger partial charge in [-0.25, -0.2) is 12.8 Å². The van der Waals surface area contributed by atoms with Crippen LogP contribution in [-0.4, -0.2) is 20.0 Å². The van der Waals surface area contributed by atoms with Crippen molar-refractivity contribution in [1.82, 2.24) is 0 Å². The summed E-state index contributed by atoms with van der Waals surface area (Å²) in [6, 6.07) is 4.16. The molecule has 0 N–H and O–H groups in total. The molecule has 0 aliphatic heterocycles. The molecule has 1 aromatic rings. The van der Waals surface area contributed by atoms with Crippen molar-refractivity contribution in [3.8, 4) is 0 Å². The number of alkyl halides is 1. The molecule has 0 atom stereocenters. The zero-order valence-corrected chi connectivity index (χ0v) is 10.0. The van der Waals surface area contributed by atoms with Crippen LogP contribution in [0.25, 0.3) is 0 Å². The molecule has 0 spiro atoms. The minimum Gasteiger partial charge on any atom is -0.224 e. The topological polar surface area (TPSA) is 34.1 Å². The highest BCUT2D eigenvalue weighted by molar-refractivity contribution is 9.09. The van der Waals surface area contributed by atoms with Crippen LogP contribution < -0.4 is 0 Å². The Kier molecular flexibility index (Phi) is 3.66.